The molecule has 3 nitrogen and oxygen atoms in total. The van der Waals surface area contributed by atoms with Crippen LogP contribution in [0, 0.1) is 11.3 Å². The Labute approximate surface area is 91.1 Å². The fraction of sp³-hybridized carbons (Fsp3) is 0.400. The first-order chi connectivity index (χ1) is 6.68. The summed E-state index contributed by atoms with van der Waals surface area (Å²) in [6.07, 6.45) is 4.70. The fourth-order valence-corrected chi connectivity index (χ4v) is 2.05. The third-order valence-corrected chi connectivity index (χ3v) is 3.48. The number of nitrogens with zero attached hydrogens (tertiary/aromatic N) is 2. The van der Waals surface area contributed by atoms with Crippen LogP contribution in [-0.2, 0) is 5.41 Å². The molecule has 1 aromatic rings. The standard InChI is InChI=1S/C10H10BrN3/c11-8-4-7(5-14-9(8)13)10(6-12)2-1-3-10/h4-5H,1-3H2,(H2,13,14). The topological polar surface area (TPSA) is 62.7 Å². The summed E-state index contributed by atoms with van der Waals surface area (Å²) in [6.45, 7) is 0. The van der Waals surface area contributed by atoms with Gasteiger partial charge in [-0.05, 0) is 46.8 Å². The van der Waals surface area contributed by atoms with Crippen molar-refractivity contribution in [3.05, 3.63) is 22.3 Å². The molecule has 0 aromatic carbocycles. The lowest BCUT2D eigenvalue weighted by Crippen LogP contribution is -2.32. The zero-order chi connectivity index (χ0) is 10.2. The molecule has 1 heterocycles. The van der Waals surface area contributed by atoms with Crippen molar-refractivity contribution in [3.63, 3.8) is 0 Å². The molecule has 0 bridgehead atoms. The molecule has 0 radical (unpaired) electrons. The molecule has 4 heteroatoms. The molecule has 0 amide bonds. The smallest absolute Gasteiger partial charge is 0.137 e. The summed E-state index contributed by atoms with van der Waals surface area (Å²) in [4.78, 5) is 4.05. The maximum Gasteiger partial charge on any atom is 0.137 e. The van der Waals surface area contributed by atoms with Gasteiger partial charge in [-0.3, -0.25) is 0 Å². The molecular formula is C10H10BrN3. The normalized spacial score (nSPS) is 18.3. The Morgan fingerprint density at radius 3 is 2.71 bits per heavy atom. The average molecular weight is 252 g/mol. The monoisotopic (exact) mass is 251 g/mol. The van der Waals surface area contributed by atoms with E-state index in [2.05, 4.69) is 27.0 Å². The van der Waals surface area contributed by atoms with E-state index < -0.39 is 0 Å². The van der Waals surface area contributed by atoms with Gasteiger partial charge in [0.05, 0.1) is 16.0 Å². The Balaban J connectivity index is 2.42. The minimum Gasteiger partial charge on any atom is -0.383 e. The Kier molecular flexibility index (Phi) is 2.20. The Hall–Kier alpha value is -1.08. The summed E-state index contributed by atoms with van der Waals surface area (Å²) < 4.78 is 0.775. The van der Waals surface area contributed by atoms with Crippen LogP contribution in [-0.4, -0.2) is 4.98 Å². The molecule has 1 aliphatic carbocycles. The molecule has 1 aliphatic rings. The van der Waals surface area contributed by atoms with Crippen LogP contribution in [0.3, 0.4) is 0 Å². The van der Waals surface area contributed by atoms with Gasteiger partial charge in [0.2, 0.25) is 0 Å². The fourth-order valence-electron chi connectivity index (χ4n) is 1.71. The molecule has 1 aromatic heterocycles. The predicted octanol–water partition coefficient (Wildman–Crippen LogP) is 2.37. The summed E-state index contributed by atoms with van der Waals surface area (Å²) in [5, 5.41) is 9.13. The van der Waals surface area contributed by atoms with Gasteiger partial charge in [-0.1, -0.05) is 0 Å². The minimum atomic E-state index is -0.302. The van der Waals surface area contributed by atoms with Crippen LogP contribution >= 0.6 is 15.9 Å². The Bertz CT molecular complexity index is 404. The lowest BCUT2D eigenvalue weighted by molar-refractivity contribution is 0.323. The van der Waals surface area contributed by atoms with Crippen molar-refractivity contribution in [2.24, 2.45) is 0 Å². The van der Waals surface area contributed by atoms with Crippen LogP contribution in [0.5, 0.6) is 0 Å². The van der Waals surface area contributed by atoms with Gasteiger partial charge in [0, 0.05) is 6.20 Å². The van der Waals surface area contributed by atoms with E-state index in [1.807, 2.05) is 6.07 Å². The summed E-state index contributed by atoms with van der Waals surface area (Å²) in [5.74, 6) is 0.473. The molecule has 0 unspecified atom stereocenters. The quantitative estimate of drug-likeness (QED) is 0.834. The van der Waals surface area contributed by atoms with Crippen molar-refractivity contribution in [3.8, 4) is 6.07 Å². The molecular weight excluding hydrogens is 242 g/mol. The molecule has 0 aliphatic heterocycles. The number of pyridine rings is 1. The largest absolute Gasteiger partial charge is 0.383 e. The Morgan fingerprint density at radius 1 is 1.57 bits per heavy atom. The molecule has 0 spiro atoms. The first-order valence-corrected chi connectivity index (χ1v) is 5.30. The van der Waals surface area contributed by atoms with Crippen LogP contribution in [0.4, 0.5) is 5.82 Å². The highest BCUT2D eigenvalue weighted by atomic mass is 79.9. The van der Waals surface area contributed by atoms with E-state index in [1.54, 1.807) is 6.20 Å². The van der Waals surface area contributed by atoms with Crippen LogP contribution in [0.25, 0.3) is 0 Å². The third-order valence-electron chi connectivity index (χ3n) is 2.84. The van der Waals surface area contributed by atoms with E-state index in [0.29, 0.717) is 5.82 Å². The van der Waals surface area contributed by atoms with Crippen molar-refractivity contribution < 1.29 is 0 Å². The van der Waals surface area contributed by atoms with E-state index in [0.717, 1.165) is 29.3 Å². The summed E-state index contributed by atoms with van der Waals surface area (Å²) >= 11 is 3.32. The number of nitriles is 1. The highest BCUT2D eigenvalue weighted by Gasteiger charge is 2.39. The molecule has 1 fully saturated rings. The molecule has 2 N–H and O–H groups in total. The first kappa shape index (κ1) is 9.47. The van der Waals surface area contributed by atoms with Gasteiger partial charge in [-0.2, -0.15) is 5.26 Å². The van der Waals surface area contributed by atoms with Crippen LogP contribution in [0.15, 0.2) is 16.7 Å². The van der Waals surface area contributed by atoms with Crippen LogP contribution in [0.1, 0.15) is 24.8 Å². The minimum absolute atomic E-state index is 0.302. The van der Waals surface area contributed by atoms with Gasteiger partial charge < -0.3 is 5.73 Å². The average Bonchev–Trinajstić information content (AvgIpc) is 2.10. The van der Waals surface area contributed by atoms with Crippen molar-refractivity contribution in [2.75, 3.05) is 5.73 Å². The second-order valence-electron chi connectivity index (χ2n) is 3.64. The Morgan fingerprint density at radius 2 is 2.29 bits per heavy atom. The highest BCUT2D eigenvalue weighted by molar-refractivity contribution is 9.10. The van der Waals surface area contributed by atoms with E-state index in [1.165, 1.54) is 0 Å². The lowest BCUT2D eigenvalue weighted by Gasteiger charge is -2.35. The zero-order valence-corrected chi connectivity index (χ0v) is 9.21. The molecule has 0 saturated heterocycles. The number of nitrogens with two attached hydrogens (primary N) is 1. The number of nitrogen functional groups attached to an aromatic ring is 1. The van der Waals surface area contributed by atoms with Gasteiger partial charge in [-0.25, -0.2) is 4.98 Å². The van der Waals surface area contributed by atoms with Gasteiger partial charge in [-0.15, -0.1) is 0 Å². The van der Waals surface area contributed by atoms with Crippen molar-refractivity contribution >= 4 is 21.7 Å². The SMILES string of the molecule is N#CC1(c2cnc(N)c(Br)c2)CCC1. The van der Waals surface area contributed by atoms with E-state index in [9.17, 15) is 0 Å². The number of aromatic nitrogens is 1. The molecule has 2 rings (SSSR count). The summed E-state index contributed by atoms with van der Waals surface area (Å²) in [5.41, 5.74) is 6.27. The number of hydrogen-bond acceptors (Lipinski definition) is 3. The van der Waals surface area contributed by atoms with Gasteiger partial charge >= 0.3 is 0 Å². The second-order valence-corrected chi connectivity index (χ2v) is 4.49. The molecule has 14 heavy (non-hydrogen) atoms. The first-order valence-electron chi connectivity index (χ1n) is 4.51. The second kappa shape index (κ2) is 3.25. The van der Waals surface area contributed by atoms with Gasteiger partial charge in [0.15, 0.2) is 0 Å². The van der Waals surface area contributed by atoms with Crippen molar-refractivity contribution in [1.29, 1.82) is 5.26 Å². The van der Waals surface area contributed by atoms with Crippen LogP contribution in [0.2, 0.25) is 0 Å². The summed E-state index contributed by atoms with van der Waals surface area (Å²) in [7, 11) is 0. The maximum atomic E-state index is 9.13. The number of hydrogen-bond donors (Lipinski definition) is 1. The molecule has 1 saturated carbocycles. The van der Waals surface area contributed by atoms with Crippen molar-refractivity contribution in [1.82, 2.24) is 4.98 Å². The molecule has 0 atom stereocenters. The van der Waals surface area contributed by atoms with E-state index in [-0.39, 0.29) is 5.41 Å². The number of anilines is 1. The molecule has 72 valence electrons. The zero-order valence-electron chi connectivity index (χ0n) is 7.63. The number of halogens is 1. The maximum absolute atomic E-state index is 9.13. The van der Waals surface area contributed by atoms with Crippen LogP contribution < -0.4 is 5.73 Å². The van der Waals surface area contributed by atoms with Gasteiger partial charge in [0.25, 0.3) is 0 Å². The highest BCUT2D eigenvalue weighted by Crippen LogP contribution is 2.43. The number of rotatable bonds is 1. The van der Waals surface area contributed by atoms with E-state index >= 15 is 0 Å². The van der Waals surface area contributed by atoms with Crippen molar-refractivity contribution in [2.45, 2.75) is 24.7 Å². The van der Waals surface area contributed by atoms with Gasteiger partial charge in [0.1, 0.15) is 5.82 Å². The third kappa shape index (κ3) is 1.28. The van der Waals surface area contributed by atoms with E-state index in [4.69, 9.17) is 11.0 Å². The predicted molar refractivity (Wildman–Crippen MR) is 57.5 cm³/mol. The summed E-state index contributed by atoms with van der Waals surface area (Å²) in [6, 6.07) is 4.28. The lowest BCUT2D eigenvalue weighted by atomic mass is 9.66.